The van der Waals surface area contributed by atoms with Gasteiger partial charge in [-0.3, -0.25) is 4.79 Å². The molecule has 0 amide bonds. The van der Waals surface area contributed by atoms with Crippen LogP contribution in [0.4, 0.5) is 0 Å². The zero-order chi connectivity index (χ0) is 10.4. The average molecular weight is 187 g/mol. The van der Waals surface area contributed by atoms with Crippen molar-refractivity contribution in [3.8, 4) is 0 Å². The summed E-state index contributed by atoms with van der Waals surface area (Å²) in [5.74, 6) is -0.164. The predicted octanol–water partition coefficient (Wildman–Crippen LogP) is 1.71. The molecule has 0 radical (unpaired) electrons. The van der Waals surface area contributed by atoms with E-state index < -0.39 is 0 Å². The van der Waals surface area contributed by atoms with Crippen molar-refractivity contribution in [3.05, 3.63) is 0 Å². The van der Waals surface area contributed by atoms with Gasteiger partial charge in [-0.05, 0) is 20.3 Å². The van der Waals surface area contributed by atoms with E-state index in [9.17, 15) is 4.79 Å². The summed E-state index contributed by atoms with van der Waals surface area (Å²) in [5, 5.41) is 3.10. The van der Waals surface area contributed by atoms with E-state index in [4.69, 9.17) is 4.74 Å². The summed E-state index contributed by atoms with van der Waals surface area (Å²) in [6.07, 6.45) is 0.879. The lowest BCUT2D eigenvalue weighted by Crippen LogP contribution is -2.40. The zero-order valence-corrected chi connectivity index (χ0v) is 9.26. The molecule has 0 saturated carbocycles. The minimum absolute atomic E-state index is 0.0175. The first-order chi connectivity index (χ1) is 5.97. The Morgan fingerprint density at radius 2 is 1.85 bits per heavy atom. The largest absolute Gasteiger partial charge is 0.462 e. The van der Waals surface area contributed by atoms with Crippen LogP contribution in [0.3, 0.4) is 0 Å². The van der Waals surface area contributed by atoms with Crippen LogP contribution in [-0.2, 0) is 9.53 Å². The summed E-state index contributed by atoms with van der Waals surface area (Å²) in [7, 11) is 0. The number of hydrogen-bond donors (Lipinski definition) is 1. The molecule has 0 aliphatic carbocycles. The lowest BCUT2D eigenvalue weighted by molar-refractivity contribution is -0.150. The highest BCUT2D eigenvalue weighted by Crippen LogP contribution is 1.99. The van der Waals surface area contributed by atoms with Crippen molar-refractivity contribution in [3.63, 3.8) is 0 Å². The van der Waals surface area contributed by atoms with Crippen molar-refractivity contribution in [2.45, 2.75) is 59.2 Å². The first-order valence-corrected chi connectivity index (χ1v) is 4.93. The van der Waals surface area contributed by atoms with Gasteiger partial charge in [0.15, 0.2) is 0 Å². The zero-order valence-electron chi connectivity index (χ0n) is 9.26. The molecule has 0 unspecified atom stereocenters. The number of esters is 1. The Bertz CT molecular complexity index is 157. The maximum absolute atomic E-state index is 11.4. The molecule has 13 heavy (non-hydrogen) atoms. The van der Waals surface area contributed by atoms with Crippen LogP contribution >= 0.6 is 0 Å². The van der Waals surface area contributed by atoms with E-state index in [1.54, 1.807) is 0 Å². The lowest BCUT2D eigenvalue weighted by atomic mass is 10.2. The van der Waals surface area contributed by atoms with Gasteiger partial charge in [0.1, 0.15) is 6.04 Å². The summed E-state index contributed by atoms with van der Waals surface area (Å²) >= 11 is 0. The van der Waals surface area contributed by atoms with E-state index >= 15 is 0 Å². The van der Waals surface area contributed by atoms with Crippen molar-refractivity contribution in [2.24, 2.45) is 0 Å². The molecule has 0 aromatic rings. The molecule has 3 heteroatoms. The molecule has 0 aliphatic heterocycles. The summed E-state index contributed by atoms with van der Waals surface area (Å²) in [5.41, 5.74) is 0. The SMILES string of the molecule is CC[C@@H](C)OC(=O)[C@H](C)NC(C)C. The van der Waals surface area contributed by atoms with Gasteiger partial charge in [-0.15, -0.1) is 0 Å². The normalized spacial score (nSPS) is 15.5. The molecular weight excluding hydrogens is 166 g/mol. The van der Waals surface area contributed by atoms with Crippen LogP contribution in [0, 0.1) is 0 Å². The first-order valence-electron chi connectivity index (χ1n) is 4.93. The van der Waals surface area contributed by atoms with Crippen LogP contribution in [0.1, 0.15) is 41.0 Å². The third kappa shape index (κ3) is 5.64. The Morgan fingerprint density at radius 3 is 2.23 bits per heavy atom. The van der Waals surface area contributed by atoms with Gasteiger partial charge in [0, 0.05) is 6.04 Å². The van der Waals surface area contributed by atoms with Crippen LogP contribution < -0.4 is 5.32 Å². The quantitative estimate of drug-likeness (QED) is 0.666. The second-order valence-electron chi connectivity index (χ2n) is 3.70. The van der Waals surface area contributed by atoms with Crippen molar-refractivity contribution in [1.29, 1.82) is 0 Å². The molecule has 78 valence electrons. The summed E-state index contributed by atoms with van der Waals surface area (Å²) < 4.78 is 5.16. The van der Waals surface area contributed by atoms with Crippen molar-refractivity contribution in [2.75, 3.05) is 0 Å². The molecule has 2 atom stereocenters. The molecule has 0 rings (SSSR count). The standard InChI is InChI=1S/C10H21NO2/c1-6-8(4)13-10(12)9(5)11-7(2)3/h7-9,11H,6H2,1-5H3/t8-,9+/m1/s1. The molecule has 0 aliphatic rings. The molecule has 0 heterocycles. The number of rotatable bonds is 5. The summed E-state index contributed by atoms with van der Waals surface area (Å²) in [6, 6.07) is 0.0912. The van der Waals surface area contributed by atoms with Crippen LogP contribution in [0.15, 0.2) is 0 Å². The number of nitrogens with one attached hydrogen (secondary N) is 1. The number of hydrogen-bond acceptors (Lipinski definition) is 3. The minimum Gasteiger partial charge on any atom is -0.462 e. The van der Waals surface area contributed by atoms with Gasteiger partial charge < -0.3 is 10.1 Å². The van der Waals surface area contributed by atoms with Gasteiger partial charge >= 0.3 is 5.97 Å². The lowest BCUT2D eigenvalue weighted by Gasteiger charge is -2.18. The van der Waals surface area contributed by atoms with Gasteiger partial charge in [-0.25, -0.2) is 0 Å². The third-order valence-corrected chi connectivity index (χ3v) is 1.83. The number of carbonyl (C=O) groups excluding carboxylic acids is 1. The monoisotopic (exact) mass is 187 g/mol. The molecule has 0 spiro atoms. The van der Waals surface area contributed by atoms with Gasteiger partial charge in [-0.2, -0.15) is 0 Å². The van der Waals surface area contributed by atoms with E-state index in [1.165, 1.54) is 0 Å². The third-order valence-electron chi connectivity index (χ3n) is 1.83. The van der Waals surface area contributed by atoms with Gasteiger partial charge in [0.05, 0.1) is 6.10 Å². The van der Waals surface area contributed by atoms with E-state index in [2.05, 4.69) is 5.32 Å². The van der Waals surface area contributed by atoms with Gasteiger partial charge in [-0.1, -0.05) is 20.8 Å². The molecule has 0 saturated heterocycles. The van der Waals surface area contributed by atoms with Crippen LogP contribution in [-0.4, -0.2) is 24.2 Å². The Labute approximate surface area is 80.8 Å². The summed E-state index contributed by atoms with van der Waals surface area (Å²) in [4.78, 5) is 11.4. The molecule has 0 aromatic heterocycles. The van der Waals surface area contributed by atoms with Crippen molar-refractivity contribution < 1.29 is 9.53 Å². The maximum atomic E-state index is 11.4. The van der Waals surface area contributed by atoms with Crippen molar-refractivity contribution in [1.82, 2.24) is 5.32 Å². The molecule has 0 fully saturated rings. The fourth-order valence-corrected chi connectivity index (χ4v) is 0.952. The Hall–Kier alpha value is -0.570. The fourth-order valence-electron chi connectivity index (χ4n) is 0.952. The maximum Gasteiger partial charge on any atom is 0.323 e. The van der Waals surface area contributed by atoms with E-state index in [1.807, 2.05) is 34.6 Å². The van der Waals surface area contributed by atoms with Crippen molar-refractivity contribution >= 4 is 5.97 Å². The fraction of sp³-hybridized carbons (Fsp3) is 0.900. The highest BCUT2D eigenvalue weighted by molar-refractivity contribution is 5.75. The first kappa shape index (κ1) is 12.4. The van der Waals surface area contributed by atoms with Crippen LogP contribution in [0.2, 0.25) is 0 Å². The van der Waals surface area contributed by atoms with Gasteiger partial charge in [0.25, 0.3) is 0 Å². The molecule has 3 nitrogen and oxygen atoms in total. The van der Waals surface area contributed by atoms with Crippen LogP contribution in [0.5, 0.6) is 0 Å². The predicted molar refractivity (Wildman–Crippen MR) is 53.6 cm³/mol. The average Bonchev–Trinajstić information content (AvgIpc) is 2.02. The topological polar surface area (TPSA) is 38.3 Å². The minimum atomic E-state index is -0.214. The Kier molecular flexibility index (Phi) is 5.71. The molecule has 1 N–H and O–H groups in total. The van der Waals surface area contributed by atoms with E-state index in [0.717, 1.165) is 6.42 Å². The number of ether oxygens (including phenoxy) is 1. The molecular formula is C10H21NO2. The Balaban J connectivity index is 3.82. The van der Waals surface area contributed by atoms with Crippen LogP contribution in [0.25, 0.3) is 0 Å². The smallest absolute Gasteiger partial charge is 0.323 e. The molecule has 0 bridgehead atoms. The van der Waals surface area contributed by atoms with E-state index in [0.29, 0.717) is 6.04 Å². The second-order valence-corrected chi connectivity index (χ2v) is 3.70. The summed E-state index contributed by atoms with van der Waals surface area (Å²) in [6.45, 7) is 9.74. The highest BCUT2D eigenvalue weighted by atomic mass is 16.5. The Morgan fingerprint density at radius 1 is 1.31 bits per heavy atom. The van der Waals surface area contributed by atoms with Gasteiger partial charge in [0.2, 0.25) is 0 Å². The second kappa shape index (κ2) is 5.97. The van der Waals surface area contributed by atoms with E-state index in [-0.39, 0.29) is 18.1 Å². The molecule has 0 aromatic carbocycles. The number of carbonyl (C=O) groups is 1. The highest BCUT2D eigenvalue weighted by Gasteiger charge is 2.16.